The van der Waals surface area contributed by atoms with E-state index in [0.29, 0.717) is 12.1 Å². The van der Waals surface area contributed by atoms with Gasteiger partial charge in [0.15, 0.2) is 0 Å². The highest BCUT2D eigenvalue weighted by Gasteiger charge is 2.28. The second kappa shape index (κ2) is 7.58. The molecule has 28 heavy (non-hydrogen) atoms. The average Bonchev–Trinajstić information content (AvgIpc) is 3.38. The number of H-pyrrole nitrogens is 1. The Morgan fingerprint density at radius 2 is 2.04 bits per heavy atom. The quantitative estimate of drug-likeness (QED) is 0.742. The van der Waals surface area contributed by atoms with Crippen molar-refractivity contribution in [2.45, 2.75) is 38.6 Å². The smallest absolute Gasteiger partial charge is 0.257 e. The molecule has 6 nitrogen and oxygen atoms in total. The number of likely N-dealkylation sites (tertiary alicyclic amines) is 1. The fourth-order valence-electron chi connectivity index (χ4n) is 3.78. The Labute approximate surface area is 163 Å². The maximum Gasteiger partial charge on any atom is 0.257 e. The van der Waals surface area contributed by atoms with Crippen LogP contribution in [0.3, 0.4) is 0 Å². The van der Waals surface area contributed by atoms with Crippen LogP contribution in [0.1, 0.15) is 54.7 Å². The topological polar surface area (TPSA) is 66.8 Å². The number of nitrogens with zero attached hydrogens (tertiary/aromatic N) is 4. The minimum atomic E-state index is -0.259. The van der Waals surface area contributed by atoms with Crippen LogP contribution in [-0.2, 0) is 0 Å². The van der Waals surface area contributed by atoms with Gasteiger partial charge in [0, 0.05) is 42.5 Å². The summed E-state index contributed by atoms with van der Waals surface area (Å²) in [4.78, 5) is 14.8. The molecule has 0 spiro atoms. The van der Waals surface area contributed by atoms with Crippen LogP contribution in [0.25, 0.3) is 11.1 Å². The van der Waals surface area contributed by atoms with Crippen molar-refractivity contribution in [3.05, 3.63) is 59.9 Å². The lowest BCUT2D eigenvalue weighted by Gasteiger charge is -2.32. The lowest BCUT2D eigenvalue weighted by atomic mass is 9.90. The van der Waals surface area contributed by atoms with E-state index in [1.807, 2.05) is 24.9 Å². The van der Waals surface area contributed by atoms with Crippen LogP contribution in [0.4, 0.5) is 4.39 Å². The minimum absolute atomic E-state index is 0.0134. The molecule has 1 aliphatic rings. The molecule has 3 heterocycles. The predicted octanol–water partition coefficient (Wildman–Crippen LogP) is 4.01. The normalized spacial score (nSPS) is 17.3. The van der Waals surface area contributed by atoms with Crippen molar-refractivity contribution in [3.8, 4) is 11.1 Å². The fraction of sp³-hybridized carbons (Fsp3) is 0.381. The third-order valence-electron chi connectivity index (χ3n) is 5.32. The van der Waals surface area contributed by atoms with Gasteiger partial charge in [-0.05, 0) is 44.4 Å². The van der Waals surface area contributed by atoms with E-state index in [4.69, 9.17) is 0 Å². The number of piperidine rings is 1. The Hall–Kier alpha value is -2.96. The lowest BCUT2D eigenvalue weighted by molar-refractivity contribution is 0.0706. The Morgan fingerprint density at radius 1 is 1.25 bits per heavy atom. The minimum Gasteiger partial charge on any atom is -0.338 e. The second-order valence-electron chi connectivity index (χ2n) is 7.60. The highest BCUT2D eigenvalue weighted by Crippen LogP contribution is 2.33. The molecule has 1 N–H and O–H groups in total. The molecule has 0 bridgehead atoms. The molecule has 2 aromatic heterocycles. The Kier molecular flexibility index (Phi) is 4.98. The number of halogens is 1. The molecular weight excluding hydrogens is 357 g/mol. The summed E-state index contributed by atoms with van der Waals surface area (Å²) in [7, 11) is 0. The molecule has 1 aromatic carbocycles. The van der Waals surface area contributed by atoms with Gasteiger partial charge in [0.25, 0.3) is 5.91 Å². The van der Waals surface area contributed by atoms with E-state index in [9.17, 15) is 9.18 Å². The zero-order valence-corrected chi connectivity index (χ0v) is 16.1. The van der Waals surface area contributed by atoms with E-state index < -0.39 is 0 Å². The van der Waals surface area contributed by atoms with Crippen molar-refractivity contribution in [3.63, 3.8) is 0 Å². The molecule has 1 saturated heterocycles. The standard InChI is InChI=1S/C21H24FN5O/c1-14(2)27-13-17(10-24-27)21(28)26-9-3-4-16(12-26)20-19(11-23-25-20)15-5-7-18(22)8-6-15/h5-8,10-11,13-14,16H,3-4,9,12H2,1-2H3,(H,23,25). The molecule has 0 saturated carbocycles. The lowest BCUT2D eigenvalue weighted by Crippen LogP contribution is -2.39. The molecule has 1 atom stereocenters. The van der Waals surface area contributed by atoms with E-state index in [0.717, 1.165) is 36.2 Å². The zero-order valence-electron chi connectivity index (χ0n) is 16.1. The molecule has 7 heteroatoms. The first-order chi connectivity index (χ1) is 13.5. The first kappa shape index (κ1) is 18.4. The van der Waals surface area contributed by atoms with Gasteiger partial charge in [-0.1, -0.05) is 12.1 Å². The summed E-state index contributed by atoms with van der Waals surface area (Å²) in [6.07, 6.45) is 7.14. The van der Waals surface area contributed by atoms with E-state index >= 15 is 0 Å². The number of amides is 1. The summed E-state index contributed by atoms with van der Waals surface area (Å²) in [5, 5.41) is 11.6. The van der Waals surface area contributed by atoms with E-state index in [1.165, 1.54) is 12.1 Å². The number of hydrogen-bond acceptors (Lipinski definition) is 3. The number of nitrogens with one attached hydrogen (secondary N) is 1. The third-order valence-corrected chi connectivity index (χ3v) is 5.32. The van der Waals surface area contributed by atoms with Gasteiger partial charge in [-0.3, -0.25) is 14.6 Å². The van der Waals surface area contributed by atoms with Crippen LogP contribution in [-0.4, -0.2) is 43.9 Å². The van der Waals surface area contributed by atoms with Crippen LogP contribution >= 0.6 is 0 Å². The number of aromatic amines is 1. The molecule has 0 radical (unpaired) electrons. The van der Waals surface area contributed by atoms with Gasteiger partial charge in [0.05, 0.1) is 18.0 Å². The van der Waals surface area contributed by atoms with Crippen molar-refractivity contribution in [2.75, 3.05) is 13.1 Å². The van der Waals surface area contributed by atoms with E-state index in [-0.39, 0.29) is 23.7 Å². The number of aromatic nitrogens is 4. The van der Waals surface area contributed by atoms with Crippen LogP contribution in [0.2, 0.25) is 0 Å². The second-order valence-corrected chi connectivity index (χ2v) is 7.60. The third kappa shape index (κ3) is 3.56. The highest BCUT2D eigenvalue weighted by molar-refractivity contribution is 5.93. The van der Waals surface area contributed by atoms with Crippen LogP contribution < -0.4 is 0 Å². The summed E-state index contributed by atoms with van der Waals surface area (Å²) in [5.41, 5.74) is 3.51. The number of hydrogen-bond donors (Lipinski definition) is 1. The van der Waals surface area contributed by atoms with Gasteiger partial charge in [0.2, 0.25) is 0 Å². The number of benzene rings is 1. The fourth-order valence-corrected chi connectivity index (χ4v) is 3.78. The summed E-state index contributed by atoms with van der Waals surface area (Å²) in [6, 6.07) is 6.65. The van der Waals surface area contributed by atoms with Crippen molar-refractivity contribution in [1.82, 2.24) is 24.9 Å². The van der Waals surface area contributed by atoms with Gasteiger partial charge >= 0.3 is 0 Å². The summed E-state index contributed by atoms with van der Waals surface area (Å²) >= 11 is 0. The predicted molar refractivity (Wildman–Crippen MR) is 104 cm³/mol. The number of carbonyl (C=O) groups is 1. The van der Waals surface area contributed by atoms with Crippen molar-refractivity contribution < 1.29 is 9.18 Å². The van der Waals surface area contributed by atoms with Gasteiger partial charge in [-0.15, -0.1) is 0 Å². The van der Waals surface area contributed by atoms with Crippen molar-refractivity contribution in [1.29, 1.82) is 0 Å². The molecule has 1 unspecified atom stereocenters. The van der Waals surface area contributed by atoms with E-state index in [2.05, 4.69) is 15.3 Å². The molecule has 1 aliphatic heterocycles. The first-order valence-corrected chi connectivity index (χ1v) is 9.65. The SMILES string of the molecule is CC(C)n1cc(C(=O)N2CCCC(c3[nH]ncc3-c3ccc(F)cc3)C2)cn1. The summed E-state index contributed by atoms with van der Waals surface area (Å²) < 4.78 is 15.1. The van der Waals surface area contributed by atoms with Crippen LogP contribution in [0.15, 0.2) is 42.9 Å². The maximum absolute atomic E-state index is 13.3. The molecule has 1 amide bonds. The number of rotatable bonds is 4. The monoisotopic (exact) mass is 381 g/mol. The Balaban J connectivity index is 1.54. The van der Waals surface area contributed by atoms with Gasteiger partial charge in [-0.2, -0.15) is 10.2 Å². The largest absolute Gasteiger partial charge is 0.338 e. The molecule has 146 valence electrons. The summed E-state index contributed by atoms with van der Waals surface area (Å²) in [6.45, 7) is 5.44. The molecule has 3 aromatic rings. The van der Waals surface area contributed by atoms with Crippen molar-refractivity contribution in [2.24, 2.45) is 0 Å². The molecule has 1 fully saturated rings. The van der Waals surface area contributed by atoms with Crippen molar-refractivity contribution >= 4 is 5.91 Å². The van der Waals surface area contributed by atoms with Crippen LogP contribution in [0, 0.1) is 5.82 Å². The van der Waals surface area contributed by atoms with Gasteiger partial charge in [0.1, 0.15) is 5.82 Å². The van der Waals surface area contributed by atoms with Crippen LogP contribution in [0.5, 0.6) is 0 Å². The van der Waals surface area contributed by atoms with E-state index in [1.54, 1.807) is 29.2 Å². The zero-order chi connectivity index (χ0) is 19.7. The Morgan fingerprint density at radius 3 is 2.75 bits per heavy atom. The molecule has 0 aliphatic carbocycles. The summed E-state index contributed by atoms with van der Waals surface area (Å²) in [5.74, 6) is -0.0787. The van der Waals surface area contributed by atoms with Gasteiger partial charge < -0.3 is 4.90 Å². The molecular formula is C21H24FN5O. The average molecular weight is 381 g/mol. The highest BCUT2D eigenvalue weighted by atomic mass is 19.1. The maximum atomic E-state index is 13.3. The first-order valence-electron chi connectivity index (χ1n) is 9.65. The molecule has 4 rings (SSSR count). The number of carbonyl (C=O) groups excluding carboxylic acids is 1. The Bertz CT molecular complexity index is 959. The van der Waals surface area contributed by atoms with Gasteiger partial charge in [-0.25, -0.2) is 4.39 Å².